The van der Waals surface area contributed by atoms with E-state index in [4.69, 9.17) is 10.5 Å². The van der Waals surface area contributed by atoms with Crippen molar-refractivity contribution in [3.8, 4) is 17.0 Å². The van der Waals surface area contributed by atoms with E-state index in [9.17, 15) is 13.2 Å². The SMILES string of the molecule is Nc1cc(-c2ccnn2C2CCCCO2)ccc1OC(F)(F)F. The fourth-order valence-electron chi connectivity index (χ4n) is 2.61. The lowest BCUT2D eigenvalue weighted by molar-refractivity contribution is -0.274. The monoisotopic (exact) mass is 327 g/mol. The molecule has 1 saturated heterocycles. The van der Waals surface area contributed by atoms with Gasteiger partial charge in [-0.1, -0.05) is 0 Å². The van der Waals surface area contributed by atoms with Crippen LogP contribution in [-0.4, -0.2) is 22.7 Å². The van der Waals surface area contributed by atoms with Crippen LogP contribution in [-0.2, 0) is 4.74 Å². The molecule has 3 rings (SSSR count). The van der Waals surface area contributed by atoms with Crippen LogP contribution in [0.5, 0.6) is 5.75 Å². The third-order valence-electron chi connectivity index (χ3n) is 3.63. The van der Waals surface area contributed by atoms with Gasteiger partial charge in [0, 0.05) is 18.4 Å². The van der Waals surface area contributed by atoms with E-state index >= 15 is 0 Å². The average molecular weight is 327 g/mol. The van der Waals surface area contributed by atoms with Crippen molar-refractivity contribution in [3.05, 3.63) is 30.5 Å². The smallest absolute Gasteiger partial charge is 0.404 e. The second-order valence-electron chi connectivity index (χ2n) is 5.28. The normalized spacial score (nSPS) is 18.8. The van der Waals surface area contributed by atoms with E-state index in [1.165, 1.54) is 18.2 Å². The maximum Gasteiger partial charge on any atom is 0.573 e. The van der Waals surface area contributed by atoms with Crippen molar-refractivity contribution in [2.24, 2.45) is 0 Å². The first-order valence-electron chi connectivity index (χ1n) is 7.25. The molecule has 1 aromatic heterocycles. The first-order chi connectivity index (χ1) is 10.9. The van der Waals surface area contributed by atoms with E-state index < -0.39 is 12.1 Å². The fourth-order valence-corrected chi connectivity index (χ4v) is 2.61. The molecule has 1 aromatic carbocycles. The summed E-state index contributed by atoms with van der Waals surface area (Å²) in [5.41, 5.74) is 6.99. The van der Waals surface area contributed by atoms with E-state index in [0.717, 1.165) is 25.0 Å². The molecule has 1 unspecified atom stereocenters. The Balaban J connectivity index is 1.88. The fraction of sp³-hybridized carbons (Fsp3) is 0.400. The number of benzene rings is 1. The van der Waals surface area contributed by atoms with Crippen LogP contribution in [0.4, 0.5) is 18.9 Å². The minimum atomic E-state index is -4.77. The van der Waals surface area contributed by atoms with Gasteiger partial charge in [0.15, 0.2) is 12.0 Å². The number of alkyl halides is 3. The lowest BCUT2D eigenvalue weighted by Gasteiger charge is -2.24. The first-order valence-corrected chi connectivity index (χ1v) is 7.25. The van der Waals surface area contributed by atoms with Gasteiger partial charge in [0.05, 0.1) is 11.4 Å². The molecule has 0 aliphatic carbocycles. The Kier molecular flexibility index (Phi) is 4.16. The summed E-state index contributed by atoms with van der Waals surface area (Å²) in [6, 6.07) is 5.94. The van der Waals surface area contributed by atoms with Crippen molar-refractivity contribution in [1.82, 2.24) is 9.78 Å². The maximum absolute atomic E-state index is 12.3. The number of rotatable bonds is 3. The molecule has 23 heavy (non-hydrogen) atoms. The van der Waals surface area contributed by atoms with E-state index in [1.807, 2.05) is 0 Å². The zero-order valence-electron chi connectivity index (χ0n) is 12.2. The molecule has 124 valence electrons. The van der Waals surface area contributed by atoms with Gasteiger partial charge >= 0.3 is 6.36 Å². The summed E-state index contributed by atoms with van der Waals surface area (Å²) in [5, 5.41) is 4.27. The highest BCUT2D eigenvalue weighted by molar-refractivity contribution is 5.68. The number of hydrogen-bond acceptors (Lipinski definition) is 4. The van der Waals surface area contributed by atoms with Crippen LogP contribution in [0.25, 0.3) is 11.3 Å². The van der Waals surface area contributed by atoms with E-state index in [1.54, 1.807) is 16.9 Å². The molecular weight excluding hydrogens is 311 g/mol. The minimum absolute atomic E-state index is 0.0860. The lowest BCUT2D eigenvalue weighted by Crippen LogP contribution is -2.20. The van der Waals surface area contributed by atoms with Gasteiger partial charge in [-0.15, -0.1) is 13.2 Å². The second-order valence-corrected chi connectivity index (χ2v) is 5.28. The largest absolute Gasteiger partial charge is 0.573 e. The molecule has 0 radical (unpaired) electrons. The zero-order valence-corrected chi connectivity index (χ0v) is 12.2. The first kappa shape index (κ1) is 15.7. The van der Waals surface area contributed by atoms with E-state index in [2.05, 4.69) is 9.84 Å². The highest BCUT2D eigenvalue weighted by Crippen LogP contribution is 2.34. The highest BCUT2D eigenvalue weighted by Gasteiger charge is 2.32. The van der Waals surface area contributed by atoms with Gasteiger partial charge in [0.2, 0.25) is 0 Å². The summed E-state index contributed by atoms with van der Waals surface area (Å²) in [5.74, 6) is -0.416. The van der Waals surface area contributed by atoms with Crippen LogP contribution in [0.15, 0.2) is 30.5 Å². The van der Waals surface area contributed by atoms with Gasteiger partial charge in [-0.3, -0.25) is 0 Å². The molecule has 2 aromatic rings. The molecule has 2 heterocycles. The molecule has 0 saturated carbocycles. The predicted octanol–water partition coefficient (Wildman–Crippen LogP) is 3.73. The van der Waals surface area contributed by atoms with Crippen LogP contribution in [0.1, 0.15) is 25.5 Å². The number of halogens is 3. The topological polar surface area (TPSA) is 62.3 Å². The summed E-state index contributed by atoms with van der Waals surface area (Å²) < 4.78 is 48.2. The molecule has 1 aliphatic heterocycles. The van der Waals surface area contributed by atoms with Crippen molar-refractivity contribution in [2.75, 3.05) is 12.3 Å². The minimum Gasteiger partial charge on any atom is -0.404 e. The quantitative estimate of drug-likeness (QED) is 0.873. The summed E-state index contributed by atoms with van der Waals surface area (Å²) in [6.45, 7) is 0.671. The molecule has 1 aliphatic rings. The standard InChI is InChI=1S/C15H16F3N3O2/c16-15(17,18)23-13-5-4-10(9-11(13)19)12-6-7-20-21(12)14-3-1-2-8-22-14/h4-7,9,14H,1-3,8,19H2. The van der Waals surface area contributed by atoms with Gasteiger partial charge in [-0.05, 0) is 43.5 Å². The lowest BCUT2D eigenvalue weighted by atomic mass is 10.1. The van der Waals surface area contributed by atoms with Crippen molar-refractivity contribution < 1.29 is 22.6 Å². The van der Waals surface area contributed by atoms with Gasteiger partial charge in [-0.25, -0.2) is 4.68 Å². The Labute approximate surface area is 130 Å². The Morgan fingerprint density at radius 1 is 1.26 bits per heavy atom. The molecular formula is C15H16F3N3O2. The molecule has 5 nitrogen and oxygen atoms in total. The number of hydrogen-bond donors (Lipinski definition) is 1. The highest BCUT2D eigenvalue weighted by atomic mass is 19.4. The average Bonchev–Trinajstić information content (AvgIpc) is 2.98. The van der Waals surface area contributed by atoms with Gasteiger partial charge in [0.25, 0.3) is 0 Å². The molecule has 0 amide bonds. The Morgan fingerprint density at radius 3 is 2.74 bits per heavy atom. The van der Waals surface area contributed by atoms with Crippen LogP contribution in [0.2, 0.25) is 0 Å². The number of anilines is 1. The maximum atomic E-state index is 12.3. The van der Waals surface area contributed by atoms with Crippen molar-refractivity contribution in [1.29, 1.82) is 0 Å². The number of aromatic nitrogens is 2. The molecule has 1 atom stereocenters. The number of ether oxygens (including phenoxy) is 2. The van der Waals surface area contributed by atoms with Gasteiger partial charge in [0.1, 0.15) is 0 Å². The number of nitrogens with zero attached hydrogens (tertiary/aromatic N) is 2. The Bertz CT molecular complexity index is 679. The second kappa shape index (κ2) is 6.11. The molecule has 8 heteroatoms. The third-order valence-corrected chi connectivity index (χ3v) is 3.63. The Hall–Kier alpha value is -2.22. The Morgan fingerprint density at radius 2 is 2.09 bits per heavy atom. The summed E-state index contributed by atoms with van der Waals surface area (Å²) in [7, 11) is 0. The molecule has 1 fully saturated rings. The van der Waals surface area contributed by atoms with Gasteiger partial charge < -0.3 is 15.2 Å². The van der Waals surface area contributed by atoms with Gasteiger partial charge in [-0.2, -0.15) is 5.10 Å². The van der Waals surface area contributed by atoms with E-state index in [-0.39, 0.29) is 11.9 Å². The van der Waals surface area contributed by atoms with Crippen LogP contribution in [0.3, 0.4) is 0 Å². The summed E-state index contributed by atoms with van der Waals surface area (Å²) >= 11 is 0. The summed E-state index contributed by atoms with van der Waals surface area (Å²) in [6.07, 6.45) is -0.397. The van der Waals surface area contributed by atoms with E-state index in [0.29, 0.717) is 12.2 Å². The van der Waals surface area contributed by atoms with Crippen molar-refractivity contribution >= 4 is 5.69 Å². The number of nitrogen functional groups attached to an aromatic ring is 1. The van der Waals surface area contributed by atoms with Crippen LogP contribution < -0.4 is 10.5 Å². The molecule has 2 N–H and O–H groups in total. The van der Waals surface area contributed by atoms with Crippen molar-refractivity contribution in [2.45, 2.75) is 31.9 Å². The summed E-state index contributed by atoms with van der Waals surface area (Å²) in [4.78, 5) is 0. The predicted molar refractivity (Wildman–Crippen MR) is 77.6 cm³/mol. The van der Waals surface area contributed by atoms with Crippen molar-refractivity contribution in [3.63, 3.8) is 0 Å². The molecule has 0 spiro atoms. The molecule has 0 bridgehead atoms. The zero-order chi connectivity index (χ0) is 16.4. The third kappa shape index (κ3) is 3.58. The van der Waals surface area contributed by atoms with Crippen LogP contribution >= 0.6 is 0 Å². The van der Waals surface area contributed by atoms with Crippen LogP contribution in [0, 0.1) is 0 Å². The number of nitrogens with two attached hydrogens (primary N) is 1.